The van der Waals surface area contributed by atoms with Gasteiger partial charge >= 0.3 is 0 Å². The highest BCUT2D eigenvalue weighted by atomic mass is 32.1. The van der Waals surface area contributed by atoms with Gasteiger partial charge in [-0.15, -0.1) is 11.3 Å². The molecule has 0 aliphatic carbocycles. The molecule has 8 heteroatoms. The van der Waals surface area contributed by atoms with Crippen molar-refractivity contribution in [2.45, 2.75) is 13.3 Å². The van der Waals surface area contributed by atoms with Gasteiger partial charge in [0.15, 0.2) is 0 Å². The average Bonchev–Trinajstić information content (AvgIpc) is 3.36. The molecule has 0 saturated carbocycles. The fourth-order valence-corrected chi connectivity index (χ4v) is 4.96. The number of thiazole rings is 1. The van der Waals surface area contributed by atoms with Crippen LogP contribution in [0.5, 0.6) is 0 Å². The third-order valence-electron chi connectivity index (χ3n) is 6.19. The van der Waals surface area contributed by atoms with Gasteiger partial charge in [0.2, 0.25) is 6.41 Å². The Morgan fingerprint density at radius 2 is 1.89 bits per heavy atom. The van der Waals surface area contributed by atoms with Crippen molar-refractivity contribution in [3.05, 3.63) is 83.2 Å². The maximum absolute atomic E-state index is 15.2. The van der Waals surface area contributed by atoms with Gasteiger partial charge in [0.1, 0.15) is 5.82 Å². The lowest BCUT2D eigenvalue weighted by atomic mass is 9.96. The quantitative estimate of drug-likeness (QED) is 0.173. The Morgan fingerprint density at radius 3 is 2.78 bits per heavy atom. The topological polar surface area (TPSA) is 78.9 Å². The van der Waals surface area contributed by atoms with Crippen molar-refractivity contribution in [1.29, 1.82) is 0 Å². The van der Waals surface area contributed by atoms with Crippen LogP contribution < -0.4 is 16.0 Å². The molecule has 0 spiro atoms. The Bertz CT molecular complexity index is 1530. The zero-order valence-corrected chi connectivity index (χ0v) is 20.7. The summed E-state index contributed by atoms with van der Waals surface area (Å²) >= 11 is 1.62. The first kappa shape index (κ1) is 23.8. The molecule has 5 rings (SSSR count). The largest absolute Gasteiger partial charge is 0.357 e. The maximum atomic E-state index is 15.2. The molecule has 0 bridgehead atoms. The number of amides is 1. The van der Waals surface area contributed by atoms with Gasteiger partial charge in [-0.2, -0.15) is 0 Å². The van der Waals surface area contributed by atoms with Crippen molar-refractivity contribution in [2.75, 3.05) is 25.0 Å². The zero-order valence-electron chi connectivity index (χ0n) is 19.8. The first-order valence-corrected chi connectivity index (χ1v) is 12.7. The van der Waals surface area contributed by atoms with Crippen molar-refractivity contribution in [3.63, 3.8) is 0 Å². The number of nitrogens with one attached hydrogen (secondary N) is 3. The van der Waals surface area contributed by atoms with E-state index in [0.717, 1.165) is 49.2 Å². The summed E-state index contributed by atoms with van der Waals surface area (Å²) in [5, 5.41) is 10.3. The molecule has 0 atom stereocenters. The summed E-state index contributed by atoms with van der Waals surface area (Å²) in [5.41, 5.74) is 8.86. The van der Waals surface area contributed by atoms with Crippen LogP contribution in [0.25, 0.3) is 32.2 Å². The highest BCUT2D eigenvalue weighted by molar-refractivity contribution is 7.16. The van der Waals surface area contributed by atoms with Crippen molar-refractivity contribution in [2.24, 2.45) is 0 Å². The van der Waals surface area contributed by atoms with E-state index in [0.29, 0.717) is 38.0 Å². The Morgan fingerprint density at radius 1 is 0.972 bits per heavy atom. The number of halogens is 1. The van der Waals surface area contributed by atoms with E-state index in [1.54, 1.807) is 23.6 Å². The summed E-state index contributed by atoms with van der Waals surface area (Å²) in [6, 6.07) is 17.5. The molecule has 2 heterocycles. The van der Waals surface area contributed by atoms with Gasteiger partial charge < -0.3 is 16.0 Å². The Hall–Kier alpha value is -3.88. The monoisotopic (exact) mass is 499 g/mol. The molecular formula is C28H26FN5OS. The number of fused-ring (bicyclic) bond motifs is 2. The van der Waals surface area contributed by atoms with E-state index in [-0.39, 0.29) is 5.82 Å². The van der Waals surface area contributed by atoms with Crippen molar-refractivity contribution < 1.29 is 9.18 Å². The van der Waals surface area contributed by atoms with Crippen molar-refractivity contribution in [3.8, 4) is 11.1 Å². The summed E-state index contributed by atoms with van der Waals surface area (Å²) < 4.78 is 16.3. The summed E-state index contributed by atoms with van der Waals surface area (Å²) in [5.74, 6) is -0.247. The fourth-order valence-electron chi connectivity index (χ4n) is 4.30. The lowest BCUT2D eigenvalue weighted by Gasteiger charge is -2.13. The number of carbonyl (C=O) groups excluding carboxylic acids is 1. The number of nitrogens with zero attached hydrogens (tertiary/aromatic N) is 2. The van der Waals surface area contributed by atoms with Crippen LogP contribution in [-0.2, 0) is 11.2 Å². The molecule has 0 unspecified atom stereocenters. The van der Waals surface area contributed by atoms with E-state index < -0.39 is 0 Å². The van der Waals surface area contributed by atoms with Gasteiger partial charge in [0.25, 0.3) is 0 Å². The number of benzene rings is 3. The molecule has 5 aromatic rings. The van der Waals surface area contributed by atoms with E-state index in [4.69, 9.17) is 0 Å². The number of pyridine rings is 1. The predicted molar refractivity (Wildman–Crippen MR) is 145 cm³/mol. The molecule has 36 heavy (non-hydrogen) atoms. The van der Waals surface area contributed by atoms with Crippen LogP contribution in [0, 0.1) is 12.7 Å². The molecule has 1 amide bonds. The molecule has 3 N–H and O–H groups in total. The molecule has 6 nitrogen and oxygen atoms in total. The van der Waals surface area contributed by atoms with Crippen LogP contribution in [0.2, 0.25) is 0 Å². The number of aromatic nitrogens is 2. The van der Waals surface area contributed by atoms with Gasteiger partial charge in [-0.1, -0.05) is 12.1 Å². The molecule has 0 aliphatic heterocycles. The summed E-state index contributed by atoms with van der Waals surface area (Å²) in [6.07, 6.45) is 3.16. The van der Waals surface area contributed by atoms with Crippen LogP contribution in [0.1, 0.15) is 11.1 Å². The van der Waals surface area contributed by atoms with Crippen LogP contribution in [0.3, 0.4) is 0 Å². The summed E-state index contributed by atoms with van der Waals surface area (Å²) in [6.45, 7) is 3.97. The smallest absolute Gasteiger partial charge is 0.207 e. The number of anilines is 2. The SMILES string of the molecule is Cc1cc(-c2ccc3c(Nc4ccc5scnc5c4)ccnc3c2)c(F)cc1CCNCCNC=O. The van der Waals surface area contributed by atoms with E-state index in [1.165, 1.54) is 0 Å². The highest BCUT2D eigenvalue weighted by Crippen LogP contribution is 2.32. The maximum Gasteiger partial charge on any atom is 0.207 e. The molecule has 2 aromatic heterocycles. The molecule has 0 radical (unpaired) electrons. The third-order valence-corrected chi connectivity index (χ3v) is 7.00. The molecular weight excluding hydrogens is 473 g/mol. The Kier molecular flexibility index (Phi) is 7.16. The third kappa shape index (κ3) is 5.19. The molecule has 0 saturated heterocycles. The van der Waals surface area contributed by atoms with E-state index >= 15 is 4.39 Å². The second kappa shape index (κ2) is 10.8. The minimum absolute atomic E-state index is 0.247. The second-order valence-electron chi connectivity index (χ2n) is 8.58. The Labute approximate surface area is 212 Å². The van der Waals surface area contributed by atoms with E-state index in [2.05, 4.69) is 32.0 Å². The number of hydrogen-bond donors (Lipinski definition) is 3. The Balaban J connectivity index is 1.36. The van der Waals surface area contributed by atoms with E-state index in [9.17, 15) is 4.79 Å². The van der Waals surface area contributed by atoms with Gasteiger partial charge in [0.05, 0.1) is 21.2 Å². The van der Waals surface area contributed by atoms with Crippen LogP contribution in [0.15, 0.2) is 66.3 Å². The first-order chi connectivity index (χ1) is 17.6. The van der Waals surface area contributed by atoms with Crippen LogP contribution >= 0.6 is 11.3 Å². The van der Waals surface area contributed by atoms with Gasteiger partial charge in [-0.25, -0.2) is 9.37 Å². The second-order valence-corrected chi connectivity index (χ2v) is 9.47. The fraction of sp³-hybridized carbons (Fsp3) is 0.179. The standard InChI is InChI=1S/C28H26FN5OS/c1-18-12-23(24(29)13-19(18)6-8-30-10-11-31-16-35)20-2-4-22-25(7-9-32-26(22)14-20)34-21-3-5-28-27(15-21)33-17-36-28/h2-5,7,9,12-17,30H,6,8,10-11H2,1H3,(H,31,35)(H,32,34). The predicted octanol–water partition coefficient (Wildman–Crippen LogP) is 5.58. The average molecular weight is 500 g/mol. The van der Waals surface area contributed by atoms with Gasteiger partial charge in [0, 0.05) is 41.6 Å². The minimum Gasteiger partial charge on any atom is -0.357 e. The number of hydrogen-bond acceptors (Lipinski definition) is 6. The molecule has 3 aromatic carbocycles. The van der Waals surface area contributed by atoms with Crippen LogP contribution in [0.4, 0.5) is 15.8 Å². The normalized spacial score (nSPS) is 11.2. The van der Waals surface area contributed by atoms with Gasteiger partial charge in [-0.05, 0) is 79.0 Å². The first-order valence-electron chi connectivity index (χ1n) is 11.8. The summed E-state index contributed by atoms with van der Waals surface area (Å²) in [4.78, 5) is 19.2. The van der Waals surface area contributed by atoms with E-state index in [1.807, 2.05) is 54.9 Å². The van der Waals surface area contributed by atoms with Crippen molar-refractivity contribution >= 4 is 50.2 Å². The molecule has 0 aliphatic rings. The molecule has 182 valence electrons. The minimum atomic E-state index is -0.247. The van der Waals surface area contributed by atoms with Crippen LogP contribution in [-0.4, -0.2) is 36.0 Å². The number of aryl methyl sites for hydroxylation is 1. The number of rotatable bonds is 10. The van der Waals surface area contributed by atoms with Crippen molar-refractivity contribution in [1.82, 2.24) is 20.6 Å². The molecule has 0 fully saturated rings. The van der Waals surface area contributed by atoms with Gasteiger partial charge in [-0.3, -0.25) is 9.78 Å². The highest BCUT2D eigenvalue weighted by Gasteiger charge is 2.12. The zero-order chi connectivity index (χ0) is 24.9. The number of carbonyl (C=O) groups is 1. The summed E-state index contributed by atoms with van der Waals surface area (Å²) in [7, 11) is 0. The lowest BCUT2D eigenvalue weighted by Crippen LogP contribution is -2.27. The lowest BCUT2D eigenvalue weighted by molar-refractivity contribution is -0.109.